The van der Waals surface area contributed by atoms with Crippen LogP contribution in [0.2, 0.25) is 0 Å². The van der Waals surface area contributed by atoms with E-state index in [0.29, 0.717) is 21.8 Å². The van der Waals surface area contributed by atoms with E-state index < -0.39 is 11.9 Å². The van der Waals surface area contributed by atoms with Crippen LogP contribution in [-0.4, -0.2) is 24.1 Å². The van der Waals surface area contributed by atoms with E-state index in [-0.39, 0.29) is 5.11 Å². The Labute approximate surface area is 149 Å². The van der Waals surface area contributed by atoms with Gasteiger partial charge in [-0.2, -0.15) is 0 Å². The average molecular weight is 363 g/mol. The summed E-state index contributed by atoms with van der Waals surface area (Å²) in [5, 5.41) is 6.75. The van der Waals surface area contributed by atoms with Gasteiger partial charge < -0.3 is 21.1 Å². The molecule has 6 nitrogen and oxygen atoms in total. The number of para-hydroxylation sites is 1. The Balaban J connectivity index is 2.20. The lowest BCUT2D eigenvalue weighted by atomic mass is 10.1. The number of primary amides is 1. The van der Waals surface area contributed by atoms with Gasteiger partial charge in [-0.1, -0.05) is 19.1 Å². The molecule has 1 aromatic heterocycles. The lowest BCUT2D eigenvalue weighted by molar-refractivity contribution is 0.0602. The molecule has 126 valence electrons. The van der Waals surface area contributed by atoms with Gasteiger partial charge in [-0.15, -0.1) is 11.3 Å². The molecule has 2 rings (SSSR count). The summed E-state index contributed by atoms with van der Waals surface area (Å²) in [6, 6.07) is 8.55. The third kappa shape index (κ3) is 4.09. The fourth-order valence-electron chi connectivity index (χ4n) is 2.03. The van der Waals surface area contributed by atoms with Gasteiger partial charge in [0.1, 0.15) is 5.00 Å². The van der Waals surface area contributed by atoms with Gasteiger partial charge in [0, 0.05) is 4.88 Å². The molecule has 4 N–H and O–H groups in total. The predicted molar refractivity (Wildman–Crippen MR) is 99.8 cm³/mol. The molecule has 8 heteroatoms. The van der Waals surface area contributed by atoms with Crippen molar-refractivity contribution in [2.75, 3.05) is 17.7 Å². The molecule has 0 fully saturated rings. The fourth-order valence-corrected chi connectivity index (χ4v) is 3.30. The molecule has 1 aromatic carbocycles. The minimum atomic E-state index is -0.555. The molecule has 2 aromatic rings. The zero-order valence-corrected chi connectivity index (χ0v) is 14.8. The summed E-state index contributed by atoms with van der Waals surface area (Å²) in [6.07, 6.45) is 0.793. The van der Waals surface area contributed by atoms with Gasteiger partial charge >= 0.3 is 5.97 Å². The van der Waals surface area contributed by atoms with E-state index in [9.17, 15) is 9.59 Å². The SMILES string of the molecule is CCc1cc(C(=O)OC)c(NC(=S)Nc2ccccc2C(N)=O)s1. The highest BCUT2D eigenvalue weighted by Crippen LogP contribution is 2.29. The minimum Gasteiger partial charge on any atom is -0.465 e. The predicted octanol–water partition coefficient (Wildman–Crippen LogP) is 3.00. The number of esters is 1. The van der Waals surface area contributed by atoms with Gasteiger partial charge in [-0.05, 0) is 36.8 Å². The van der Waals surface area contributed by atoms with Crippen molar-refractivity contribution in [1.82, 2.24) is 0 Å². The molecule has 0 radical (unpaired) electrons. The van der Waals surface area contributed by atoms with Crippen LogP contribution in [0.5, 0.6) is 0 Å². The number of anilines is 2. The first kappa shape index (κ1) is 17.9. The smallest absolute Gasteiger partial charge is 0.340 e. The van der Waals surface area contributed by atoms with Crippen molar-refractivity contribution in [2.24, 2.45) is 5.73 Å². The van der Waals surface area contributed by atoms with E-state index in [4.69, 9.17) is 22.7 Å². The van der Waals surface area contributed by atoms with Crippen molar-refractivity contribution < 1.29 is 14.3 Å². The van der Waals surface area contributed by atoms with Crippen LogP contribution in [0.1, 0.15) is 32.5 Å². The first-order valence-electron chi connectivity index (χ1n) is 7.14. The molecule has 0 atom stereocenters. The highest BCUT2D eigenvalue weighted by atomic mass is 32.1. The Bertz CT molecular complexity index is 787. The van der Waals surface area contributed by atoms with E-state index >= 15 is 0 Å². The third-order valence-corrected chi connectivity index (χ3v) is 4.60. The number of carbonyl (C=O) groups excluding carboxylic acids is 2. The summed E-state index contributed by atoms with van der Waals surface area (Å²) < 4.78 is 4.79. The highest BCUT2D eigenvalue weighted by Gasteiger charge is 2.17. The van der Waals surface area contributed by atoms with Gasteiger partial charge in [0.2, 0.25) is 0 Å². The molecule has 1 amide bonds. The van der Waals surface area contributed by atoms with Crippen LogP contribution in [0.25, 0.3) is 0 Å². The van der Waals surface area contributed by atoms with Crippen LogP contribution in [0.3, 0.4) is 0 Å². The van der Waals surface area contributed by atoms with Gasteiger partial charge in [-0.25, -0.2) is 4.79 Å². The molecule has 1 heterocycles. The maximum absolute atomic E-state index is 11.9. The van der Waals surface area contributed by atoms with Gasteiger partial charge in [0.05, 0.1) is 23.9 Å². The molecule has 24 heavy (non-hydrogen) atoms. The maximum atomic E-state index is 11.9. The molecule has 0 aliphatic heterocycles. The number of nitrogens with two attached hydrogens (primary N) is 1. The number of thiophene rings is 1. The minimum absolute atomic E-state index is 0.248. The van der Waals surface area contributed by atoms with Crippen molar-refractivity contribution in [2.45, 2.75) is 13.3 Å². The summed E-state index contributed by atoms with van der Waals surface area (Å²) in [7, 11) is 1.33. The Morgan fingerprint density at radius 2 is 1.96 bits per heavy atom. The second-order valence-electron chi connectivity index (χ2n) is 4.79. The van der Waals surface area contributed by atoms with E-state index in [1.54, 1.807) is 30.3 Å². The van der Waals surface area contributed by atoms with Crippen LogP contribution in [0.4, 0.5) is 10.7 Å². The number of methoxy groups -OCH3 is 1. The monoisotopic (exact) mass is 363 g/mol. The zero-order valence-electron chi connectivity index (χ0n) is 13.2. The maximum Gasteiger partial charge on any atom is 0.340 e. The summed E-state index contributed by atoms with van der Waals surface area (Å²) in [5.41, 5.74) is 6.59. The van der Waals surface area contributed by atoms with Gasteiger partial charge in [0.15, 0.2) is 5.11 Å². The Morgan fingerprint density at radius 3 is 2.58 bits per heavy atom. The third-order valence-electron chi connectivity index (χ3n) is 3.20. The Kier molecular flexibility index (Phi) is 5.88. The van der Waals surface area contributed by atoms with Crippen molar-refractivity contribution in [3.05, 3.63) is 46.3 Å². The quantitative estimate of drug-likeness (QED) is 0.558. The van der Waals surface area contributed by atoms with Crippen molar-refractivity contribution in [3.63, 3.8) is 0 Å². The highest BCUT2D eigenvalue weighted by molar-refractivity contribution is 7.80. The number of thiocarbonyl (C=S) groups is 1. The largest absolute Gasteiger partial charge is 0.465 e. The first-order valence-corrected chi connectivity index (χ1v) is 8.36. The van der Waals surface area contributed by atoms with E-state index in [1.807, 2.05) is 6.92 Å². The van der Waals surface area contributed by atoms with Crippen LogP contribution in [0, 0.1) is 0 Å². The number of rotatable bonds is 5. The van der Waals surface area contributed by atoms with Crippen LogP contribution < -0.4 is 16.4 Å². The number of hydrogen-bond donors (Lipinski definition) is 3. The molecule has 0 saturated carbocycles. The topological polar surface area (TPSA) is 93.4 Å². The van der Waals surface area contributed by atoms with Gasteiger partial charge in [-0.3, -0.25) is 4.79 Å². The number of nitrogens with one attached hydrogen (secondary N) is 2. The number of amides is 1. The zero-order chi connectivity index (χ0) is 17.7. The number of benzene rings is 1. The van der Waals surface area contributed by atoms with E-state index in [0.717, 1.165) is 11.3 Å². The number of ether oxygens (including phenoxy) is 1. The lowest BCUT2D eigenvalue weighted by Gasteiger charge is -2.12. The standard InChI is InChI=1S/C16H17N3O3S2/c1-3-9-8-11(15(21)22-2)14(24-9)19-16(23)18-12-7-5-4-6-10(12)13(17)20/h4-8H,3H2,1-2H3,(H2,17,20)(H2,18,19,23). The van der Waals surface area contributed by atoms with Gasteiger partial charge in [0.25, 0.3) is 5.91 Å². The van der Waals surface area contributed by atoms with Crippen LogP contribution in [-0.2, 0) is 11.2 Å². The molecule has 0 aliphatic rings. The second kappa shape index (κ2) is 7.89. The molecule has 0 saturated heterocycles. The van der Waals surface area contributed by atoms with E-state index in [1.165, 1.54) is 18.4 Å². The van der Waals surface area contributed by atoms with E-state index in [2.05, 4.69) is 10.6 Å². The summed E-state index contributed by atoms with van der Waals surface area (Å²) in [5.74, 6) is -0.991. The molecule has 0 bridgehead atoms. The normalized spacial score (nSPS) is 10.1. The molecule has 0 unspecified atom stereocenters. The lowest BCUT2D eigenvalue weighted by Crippen LogP contribution is -2.22. The molecular formula is C16H17N3O3S2. The Hall–Kier alpha value is -2.45. The molecule has 0 aliphatic carbocycles. The van der Waals surface area contributed by atoms with Crippen LogP contribution in [0.15, 0.2) is 30.3 Å². The number of hydrogen-bond acceptors (Lipinski definition) is 5. The van der Waals surface area contributed by atoms with Crippen molar-refractivity contribution >= 4 is 51.2 Å². The second-order valence-corrected chi connectivity index (χ2v) is 6.33. The summed E-state index contributed by atoms with van der Waals surface area (Å²) in [4.78, 5) is 24.3. The number of aryl methyl sites for hydroxylation is 1. The Morgan fingerprint density at radius 1 is 1.25 bits per heavy atom. The number of carbonyl (C=O) groups is 2. The molecular weight excluding hydrogens is 346 g/mol. The van der Waals surface area contributed by atoms with Crippen molar-refractivity contribution in [3.8, 4) is 0 Å². The average Bonchev–Trinajstić information content (AvgIpc) is 2.97. The summed E-state index contributed by atoms with van der Waals surface area (Å²) >= 11 is 6.69. The van der Waals surface area contributed by atoms with Crippen LogP contribution >= 0.6 is 23.6 Å². The summed E-state index contributed by atoms with van der Waals surface area (Å²) in [6.45, 7) is 2.00. The first-order chi connectivity index (χ1) is 11.5. The van der Waals surface area contributed by atoms with Crippen molar-refractivity contribution in [1.29, 1.82) is 0 Å². The molecule has 0 spiro atoms. The fraction of sp³-hybridized carbons (Fsp3) is 0.188.